The van der Waals surface area contributed by atoms with Crippen LogP contribution in [0.4, 0.5) is 8.78 Å². The number of fused-ring (bicyclic) bond motifs is 1. The first-order valence-corrected chi connectivity index (χ1v) is 10.2. The van der Waals surface area contributed by atoms with Gasteiger partial charge in [0.2, 0.25) is 0 Å². The number of carbonyl (C=O) groups excluding carboxylic acids is 2. The van der Waals surface area contributed by atoms with Gasteiger partial charge in [-0.05, 0) is 42.8 Å². The lowest BCUT2D eigenvalue weighted by Gasteiger charge is -2.11. The van der Waals surface area contributed by atoms with Crippen LogP contribution < -0.4 is 9.47 Å². The molecular formula is C22H19F2NO5S. The summed E-state index contributed by atoms with van der Waals surface area (Å²) in [5, 5.41) is 1.72. The lowest BCUT2D eigenvalue weighted by atomic mass is 10.1. The van der Waals surface area contributed by atoms with Crippen LogP contribution in [0.3, 0.4) is 0 Å². The van der Waals surface area contributed by atoms with E-state index in [1.807, 2.05) is 37.3 Å². The van der Waals surface area contributed by atoms with Crippen molar-refractivity contribution in [2.24, 2.45) is 0 Å². The van der Waals surface area contributed by atoms with Gasteiger partial charge >= 0.3 is 12.6 Å². The van der Waals surface area contributed by atoms with Crippen LogP contribution in [0.15, 0.2) is 53.6 Å². The molecule has 0 saturated heterocycles. The normalized spacial score (nSPS) is 10.9. The number of thioether (sulfide) groups is 1. The van der Waals surface area contributed by atoms with E-state index in [-0.39, 0.29) is 22.8 Å². The average molecular weight is 447 g/mol. The Morgan fingerprint density at radius 3 is 2.61 bits per heavy atom. The Hall–Kier alpha value is -3.20. The van der Waals surface area contributed by atoms with Crippen molar-refractivity contribution in [1.82, 2.24) is 4.98 Å². The van der Waals surface area contributed by atoms with E-state index >= 15 is 0 Å². The fourth-order valence-corrected chi connectivity index (χ4v) is 3.60. The largest absolute Gasteiger partial charge is 0.493 e. The summed E-state index contributed by atoms with van der Waals surface area (Å²) in [7, 11) is 1.27. The van der Waals surface area contributed by atoms with E-state index in [1.54, 1.807) is 0 Å². The molecule has 2 aromatic carbocycles. The molecule has 31 heavy (non-hydrogen) atoms. The highest BCUT2D eigenvalue weighted by atomic mass is 32.2. The molecular weight excluding hydrogens is 428 g/mol. The highest BCUT2D eigenvalue weighted by Gasteiger charge is 2.16. The Kier molecular flexibility index (Phi) is 7.41. The predicted molar refractivity (Wildman–Crippen MR) is 112 cm³/mol. The monoisotopic (exact) mass is 447 g/mol. The SMILES string of the molecule is COc1cc(C(=O)COC(=O)CSc2cc(C)c3ccccc3n2)ccc1OC(F)F. The zero-order valence-electron chi connectivity index (χ0n) is 16.8. The van der Waals surface area contributed by atoms with Crippen LogP contribution in [0.25, 0.3) is 10.9 Å². The Balaban J connectivity index is 1.55. The fraction of sp³-hybridized carbons (Fsp3) is 0.227. The van der Waals surface area contributed by atoms with Crippen LogP contribution in [-0.2, 0) is 9.53 Å². The van der Waals surface area contributed by atoms with Gasteiger partial charge < -0.3 is 14.2 Å². The molecule has 0 saturated carbocycles. The third-order valence-corrected chi connectivity index (χ3v) is 5.19. The predicted octanol–water partition coefficient (Wildman–Crippen LogP) is 4.67. The van der Waals surface area contributed by atoms with Crippen LogP contribution >= 0.6 is 11.8 Å². The number of hydrogen-bond acceptors (Lipinski definition) is 7. The third kappa shape index (κ3) is 5.91. The van der Waals surface area contributed by atoms with Gasteiger partial charge in [-0.15, -0.1) is 0 Å². The molecule has 162 valence electrons. The van der Waals surface area contributed by atoms with Gasteiger partial charge in [0.1, 0.15) is 0 Å². The summed E-state index contributed by atoms with van der Waals surface area (Å²) in [6, 6.07) is 13.3. The maximum Gasteiger partial charge on any atom is 0.387 e. The minimum atomic E-state index is -3.02. The van der Waals surface area contributed by atoms with E-state index in [0.29, 0.717) is 5.03 Å². The molecule has 0 aliphatic carbocycles. The summed E-state index contributed by atoms with van der Waals surface area (Å²) in [5.74, 6) is -1.30. The molecule has 0 aliphatic rings. The Labute approximate surface area is 181 Å². The molecule has 0 bridgehead atoms. The van der Waals surface area contributed by atoms with Gasteiger partial charge in [-0.1, -0.05) is 30.0 Å². The molecule has 0 unspecified atom stereocenters. The van der Waals surface area contributed by atoms with E-state index in [0.717, 1.165) is 16.5 Å². The molecule has 9 heteroatoms. The van der Waals surface area contributed by atoms with Gasteiger partial charge in [-0.25, -0.2) is 4.98 Å². The Morgan fingerprint density at radius 2 is 1.87 bits per heavy atom. The van der Waals surface area contributed by atoms with Gasteiger partial charge in [-0.3, -0.25) is 9.59 Å². The first-order valence-electron chi connectivity index (χ1n) is 9.18. The second kappa shape index (κ2) is 10.2. The quantitative estimate of drug-likeness (QED) is 0.268. The number of methoxy groups -OCH3 is 1. The minimum absolute atomic E-state index is 0.0114. The van der Waals surface area contributed by atoms with Crippen molar-refractivity contribution in [3.63, 3.8) is 0 Å². The lowest BCUT2D eigenvalue weighted by molar-refractivity contribution is -0.139. The molecule has 3 rings (SSSR count). The number of pyridine rings is 1. The summed E-state index contributed by atoms with van der Waals surface area (Å²) in [4.78, 5) is 28.8. The number of aromatic nitrogens is 1. The number of nitrogens with zero attached hydrogens (tertiary/aromatic N) is 1. The molecule has 3 aromatic rings. The van der Waals surface area contributed by atoms with Gasteiger partial charge in [0, 0.05) is 10.9 Å². The fourth-order valence-electron chi connectivity index (χ4n) is 2.83. The number of carbonyl (C=O) groups is 2. The second-order valence-corrected chi connectivity index (χ2v) is 7.41. The number of ketones is 1. The summed E-state index contributed by atoms with van der Waals surface area (Å²) < 4.78 is 39.1. The molecule has 0 atom stereocenters. The summed E-state index contributed by atoms with van der Waals surface area (Å²) >= 11 is 1.21. The number of hydrogen-bond donors (Lipinski definition) is 0. The van der Waals surface area contributed by atoms with E-state index in [4.69, 9.17) is 9.47 Å². The number of halogens is 2. The number of Topliss-reactive ketones (excluding diaryl/α,β-unsaturated/α-hetero) is 1. The van der Waals surface area contributed by atoms with Gasteiger partial charge in [0.15, 0.2) is 23.9 Å². The zero-order chi connectivity index (χ0) is 22.4. The first kappa shape index (κ1) is 22.5. The topological polar surface area (TPSA) is 74.7 Å². The van der Waals surface area contributed by atoms with E-state index < -0.39 is 25.0 Å². The first-order chi connectivity index (χ1) is 14.9. The van der Waals surface area contributed by atoms with Crippen molar-refractivity contribution < 1.29 is 32.6 Å². The summed E-state index contributed by atoms with van der Waals surface area (Å²) in [6.07, 6.45) is 0. The highest BCUT2D eigenvalue weighted by molar-refractivity contribution is 7.99. The van der Waals surface area contributed by atoms with Crippen LogP contribution in [0.2, 0.25) is 0 Å². The molecule has 0 aliphatic heterocycles. The van der Waals surface area contributed by atoms with Crippen molar-refractivity contribution in [2.75, 3.05) is 19.5 Å². The Bertz CT molecular complexity index is 1110. The molecule has 0 N–H and O–H groups in total. The van der Waals surface area contributed by atoms with E-state index in [1.165, 1.54) is 37.1 Å². The number of aryl methyl sites for hydroxylation is 1. The highest BCUT2D eigenvalue weighted by Crippen LogP contribution is 2.29. The molecule has 6 nitrogen and oxygen atoms in total. The summed E-state index contributed by atoms with van der Waals surface area (Å²) in [6.45, 7) is -1.53. The van der Waals surface area contributed by atoms with Gasteiger partial charge in [0.25, 0.3) is 0 Å². The number of benzene rings is 2. The standard InChI is InChI=1S/C22H19F2NO5S/c1-13-9-20(25-16-6-4-3-5-15(13)16)31-12-21(27)29-11-17(26)14-7-8-18(30-22(23)24)19(10-14)28-2/h3-10,22H,11-12H2,1-2H3. The minimum Gasteiger partial charge on any atom is -0.493 e. The summed E-state index contributed by atoms with van der Waals surface area (Å²) in [5.41, 5.74) is 2.03. The third-order valence-electron chi connectivity index (χ3n) is 4.30. The van der Waals surface area contributed by atoms with Gasteiger partial charge in [0.05, 0.1) is 23.4 Å². The number of rotatable bonds is 9. The lowest BCUT2D eigenvalue weighted by Crippen LogP contribution is -2.16. The van der Waals surface area contributed by atoms with Crippen LogP contribution in [0.5, 0.6) is 11.5 Å². The number of para-hydroxylation sites is 1. The van der Waals surface area contributed by atoms with Crippen molar-refractivity contribution >= 4 is 34.4 Å². The van der Waals surface area contributed by atoms with Crippen LogP contribution in [0.1, 0.15) is 15.9 Å². The van der Waals surface area contributed by atoms with Crippen molar-refractivity contribution in [3.05, 3.63) is 59.7 Å². The molecule has 0 amide bonds. The number of alkyl halides is 2. The maximum atomic E-state index is 12.4. The van der Waals surface area contributed by atoms with Crippen LogP contribution in [-0.4, -0.2) is 42.8 Å². The van der Waals surface area contributed by atoms with Crippen molar-refractivity contribution in [3.8, 4) is 11.5 Å². The number of ether oxygens (including phenoxy) is 3. The molecule has 0 spiro atoms. The smallest absolute Gasteiger partial charge is 0.387 e. The average Bonchev–Trinajstić information content (AvgIpc) is 2.76. The van der Waals surface area contributed by atoms with Crippen molar-refractivity contribution in [1.29, 1.82) is 0 Å². The Morgan fingerprint density at radius 1 is 1.10 bits per heavy atom. The van der Waals surface area contributed by atoms with E-state index in [2.05, 4.69) is 9.72 Å². The molecule has 0 radical (unpaired) electrons. The number of esters is 1. The maximum absolute atomic E-state index is 12.4. The molecule has 1 aromatic heterocycles. The van der Waals surface area contributed by atoms with Crippen molar-refractivity contribution in [2.45, 2.75) is 18.6 Å². The molecule has 0 fully saturated rings. The van der Waals surface area contributed by atoms with Gasteiger partial charge in [-0.2, -0.15) is 8.78 Å². The zero-order valence-corrected chi connectivity index (χ0v) is 17.6. The second-order valence-electron chi connectivity index (χ2n) is 6.41. The van der Waals surface area contributed by atoms with Crippen LogP contribution in [0, 0.1) is 6.92 Å². The molecule has 1 heterocycles. The van der Waals surface area contributed by atoms with E-state index in [9.17, 15) is 18.4 Å².